The Morgan fingerprint density at radius 1 is 1.35 bits per heavy atom. The Kier molecular flexibility index (Phi) is 7.48. The van der Waals surface area contributed by atoms with Crippen LogP contribution >= 0.6 is 0 Å². The molecule has 5 heteroatoms. The van der Waals surface area contributed by atoms with Crippen LogP contribution in [0.5, 0.6) is 0 Å². The molecule has 1 rings (SSSR count). The van der Waals surface area contributed by atoms with Crippen LogP contribution < -0.4 is 11.1 Å². The lowest BCUT2D eigenvalue weighted by atomic mass is 10.0. The number of morpholine rings is 1. The highest BCUT2D eigenvalue weighted by Gasteiger charge is 2.21. The van der Waals surface area contributed by atoms with Crippen molar-refractivity contribution in [2.45, 2.75) is 58.8 Å². The van der Waals surface area contributed by atoms with E-state index < -0.39 is 0 Å². The molecule has 5 nitrogen and oxygen atoms in total. The molecule has 0 saturated carbocycles. The Balaban J connectivity index is 2.13. The standard InChI is InChI=1S/C15H31N3O2/c1-11(2)8-14(16)15(19)17-6-5-7-18-9-12(3)20-13(4)10-18/h11-14H,5-10,16H2,1-4H3,(H,17,19)/t12?,13?,14-/m0/s1. The number of ether oxygens (including phenoxy) is 1. The molecule has 1 heterocycles. The fourth-order valence-corrected chi connectivity index (χ4v) is 2.73. The van der Waals surface area contributed by atoms with Crippen molar-refractivity contribution < 1.29 is 9.53 Å². The van der Waals surface area contributed by atoms with E-state index in [0.29, 0.717) is 24.7 Å². The highest BCUT2D eigenvalue weighted by Crippen LogP contribution is 2.10. The van der Waals surface area contributed by atoms with Gasteiger partial charge >= 0.3 is 0 Å². The van der Waals surface area contributed by atoms with Crippen LogP contribution in [-0.4, -0.2) is 55.2 Å². The third-order valence-corrected chi connectivity index (χ3v) is 3.51. The molecular formula is C15H31N3O2. The summed E-state index contributed by atoms with van der Waals surface area (Å²) in [6, 6.07) is -0.376. The predicted molar refractivity (Wildman–Crippen MR) is 81.5 cm³/mol. The Bertz CT molecular complexity index is 287. The van der Waals surface area contributed by atoms with Crippen molar-refractivity contribution in [1.82, 2.24) is 10.2 Å². The van der Waals surface area contributed by atoms with E-state index in [9.17, 15) is 4.79 Å². The summed E-state index contributed by atoms with van der Waals surface area (Å²) in [6.45, 7) is 12.0. The van der Waals surface area contributed by atoms with Crippen molar-refractivity contribution in [2.24, 2.45) is 11.7 Å². The molecule has 20 heavy (non-hydrogen) atoms. The average Bonchev–Trinajstić information content (AvgIpc) is 2.32. The second kappa shape index (κ2) is 8.60. The van der Waals surface area contributed by atoms with Gasteiger partial charge in [-0.2, -0.15) is 0 Å². The second-order valence-corrected chi connectivity index (χ2v) is 6.40. The van der Waals surface area contributed by atoms with Crippen molar-refractivity contribution >= 4 is 5.91 Å². The topological polar surface area (TPSA) is 67.6 Å². The van der Waals surface area contributed by atoms with Gasteiger partial charge in [-0.25, -0.2) is 0 Å². The minimum Gasteiger partial charge on any atom is -0.373 e. The summed E-state index contributed by atoms with van der Waals surface area (Å²) in [5.74, 6) is 0.425. The molecule has 0 aromatic rings. The highest BCUT2D eigenvalue weighted by atomic mass is 16.5. The van der Waals surface area contributed by atoms with Gasteiger partial charge in [-0.1, -0.05) is 13.8 Å². The first-order valence-electron chi connectivity index (χ1n) is 7.79. The Hall–Kier alpha value is -0.650. The number of nitrogens with zero attached hydrogens (tertiary/aromatic N) is 1. The molecule has 0 spiro atoms. The molecule has 0 bridgehead atoms. The van der Waals surface area contributed by atoms with Gasteiger partial charge in [0.1, 0.15) is 0 Å². The van der Waals surface area contributed by atoms with Gasteiger partial charge in [-0.05, 0) is 32.6 Å². The van der Waals surface area contributed by atoms with Crippen LogP contribution in [0.3, 0.4) is 0 Å². The van der Waals surface area contributed by atoms with E-state index in [2.05, 4.69) is 37.9 Å². The number of carbonyl (C=O) groups is 1. The largest absolute Gasteiger partial charge is 0.373 e. The molecule has 0 aromatic carbocycles. The molecule has 1 saturated heterocycles. The van der Waals surface area contributed by atoms with E-state index in [1.54, 1.807) is 0 Å². The van der Waals surface area contributed by atoms with Crippen LogP contribution in [-0.2, 0) is 9.53 Å². The Labute approximate surface area is 123 Å². The van der Waals surface area contributed by atoms with Gasteiger partial charge in [-0.15, -0.1) is 0 Å². The molecular weight excluding hydrogens is 254 g/mol. The van der Waals surface area contributed by atoms with Gasteiger partial charge in [-0.3, -0.25) is 9.69 Å². The molecule has 1 aliphatic heterocycles. The van der Waals surface area contributed by atoms with E-state index >= 15 is 0 Å². The van der Waals surface area contributed by atoms with Crippen molar-refractivity contribution in [3.63, 3.8) is 0 Å². The van der Waals surface area contributed by atoms with Crippen molar-refractivity contribution in [3.8, 4) is 0 Å². The van der Waals surface area contributed by atoms with Gasteiger partial charge in [0.25, 0.3) is 0 Å². The van der Waals surface area contributed by atoms with E-state index in [-0.39, 0.29) is 11.9 Å². The SMILES string of the molecule is CC(C)C[C@H](N)C(=O)NCCCN1CC(C)OC(C)C1. The van der Waals surface area contributed by atoms with E-state index in [1.807, 2.05) is 0 Å². The first-order valence-corrected chi connectivity index (χ1v) is 7.79. The van der Waals surface area contributed by atoms with Gasteiger partial charge < -0.3 is 15.8 Å². The smallest absolute Gasteiger partial charge is 0.236 e. The molecule has 0 radical (unpaired) electrons. The molecule has 0 aliphatic carbocycles. The average molecular weight is 285 g/mol. The zero-order chi connectivity index (χ0) is 15.1. The lowest BCUT2D eigenvalue weighted by molar-refractivity contribution is -0.122. The summed E-state index contributed by atoms with van der Waals surface area (Å²) in [4.78, 5) is 14.2. The van der Waals surface area contributed by atoms with Crippen molar-refractivity contribution in [2.75, 3.05) is 26.2 Å². The normalized spacial score (nSPS) is 25.7. The molecule has 1 fully saturated rings. The van der Waals surface area contributed by atoms with Crippen LogP contribution in [0.15, 0.2) is 0 Å². The molecule has 1 aliphatic rings. The van der Waals surface area contributed by atoms with Crippen LogP contribution in [0.2, 0.25) is 0 Å². The monoisotopic (exact) mass is 285 g/mol. The lowest BCUT2D eigenvalue weighted by Gasteiger charge is -2.35. The summed E-state index contributed by atoms with van der Waals surface area (Å²) in [7, 11) is 0. The summed E-state index contributed by atoms with van der Waals surface area (Å²) in [5, 5.41) is 2.93. The molecule has 0 aromatic heterocycles. The number of nitrogens with two attached hydrogens (primary N) is 1. The van der Waals surface area contributed by atoms with Crippen molar-refractivity contribution in [3.05, 3.63) is 0 Å². The molecule has 118 valence electrons. The zero-order valence-electron chi connectivity index (χ0n) is 13.4. The van der Waals surface area contributed by atoms with E-state index in [4.69, 9.17) is 10.5 Å². The lowest BCUT2D eigenvalue weighted by Crippen LogP contribution is -2.46. The number of nitrogens with one attached hydrogen (secondary N) is 1. The zero-order valence-corrected chi connectivity index (χ0v) is 13.4. The quantitative estimate of drug-likeness (QED) is 0.684. The molecule has 3 atom stereocenters. The van der Waals surface area contributed by atoms with E-state index in [1.165, 1.54) is 0 Å². The maximum Gasteiger partial charge on any atom is 0.236 e. The number of hydrogen-bond donors (Lipinski definition) is 2. The second-order valence-electron chi connectivity index (χ2n) is 6.40. The van der Waals surface area contributed by atoms with Crippen LogP contribution in [0.4, 0.5) is 0 Å². The fraction of sp³-hybridized carbons (Fsp3) is 0.933. The number of rotatable bonds is 7. The summed E-state index contributed by atoms with van der Waals surface area (Å²) < 4.78 is 5.70. The third-order valence-electron chi connectivity index (χ3n) is 3.51. The minimum absolute atomic E-state index is 0.0255. The van der Waals surface area contributed by atoms with Crippen molar-refractivity contribution in [1.29, 1.82) is 0 Å². The predicted octanol–water partition coefficient (Wildman–Crippen LogP) is 0.975. The molecule has 2 unspecified atom stereocenters. The van der Waals surface area contributed by atoms with Crippen LogP contribution in [0, 0.1) is 5.92 Å². The van der Waals surface area contributed by atoms with Gasteiger partial charge in [0.2, 0.25) is 5.91 Å². The number of carbonyl (C=O) groups excluding carboxylic acids is 1. The Morgan fingerprint density at radius 3 is 2.50 bits per heavy atom. The maximum absolute atomic E-state index is 11.8. The summed E-state index contributed by atoms with van der Waals surface area (Å²) >= 11 is 0. The third kappa shape index (κ3) is 6.68. The van der Waals surface area contributed by atoms with E-state index in [0.717, 1.165) is 32.5 Å². The summed E-state index contributed by atoms with van der Waals surface area (Å²) in [6.07, 6.45) is 2.30. The van der Waals surface area contributed by atoms with Gasteiger partial charge in [0.05, 0.1) is 18.2 Å². The molecule has 1 amide bonds. The fourth-order valence-electron chi connectivity index (χ4n) is 2.73. The first-order chi connectivity index (χ1) is 9.38. The van der Waals surface area contributed by atoms with Gasteiger partial charge in [0, 0.05) is 26.2 Å². The molecule has 3 N–H and O–H groups in total. The highest BCUT2D eigenvalue weighted by molar-refractivity contribution is 5.81. The first kappa shape index (κ1) is 17.4. The minimum atomic E-state index is -0.376. The van der Waals surface area contributed by atoms with Gasteiger partial charge in [0.15, 0.2) is 0 Å². The number of hydrogen-bond acceptors (Lipinski definition) is 4. The van der Waals surface area contributed by atoms with Crippen LogP contribution in [0.1, 0.15) is 40.5 Å². The van der Waals surface area contributed by atoms with Crippen LogP contribution in [0.25, 0.3) is 0 Å². The number of amides is 1. The Morgan fingerprint density at radius 2 is 1.95 bits per heavy atom. The summed E-state index contributed by atoms with van der Waals surface area (Å²) in [5.41, 5.74) is 5.84. The maximum atomic E-state index is 11.8.